The van der Waals surface area contributed by atoms with Crippen LogP contribution in [0.5, 0.6) is 0 Å². The third-order valence-electron chi connectivity index (χ3n) is 0.137. The van der Waals surface area contributed by atoms with Gasteiger partial charge in [0.2, 0.25) is 0 Å². The number of carbonyl (C=O) groups is 1. The summed E-state index contributed by atoms with van der Waals surface area (Å²) in [5.74, 6) is 0. The largest absolute Gasteiger partial charge is 0.511 e. The first-order chi connectivity index (χ1) is 3.13. The van der Waals surface area contributed by atoms with Crippen LogP contribution in [0.3, 0.4) is 0 Å². The van der Waals surface area contributed by atoms with Gasteiger partial charge >= 0.3 is 17.6 Å². The summed E-state index contributed by atoms with van der Waals surface area (Å²) in [6, 6.07) is 0. The molecule has 0 aliphatic carbocycles. The van der Waals surface area contributed by atoms with Crippen molar-refractivity contribution in [1.29, 1.82) is 0 Å². The highest BCUT2D eigenvalue weighted by molar-refractivity contribution is 7.74. The first kappa shape index (κ1) is 6.51. The summed E-state index contributed by atoms with van der Waals surface area (Å²) >= 11 is -2.82. The molecule has 7 heavy (non-hydrogen) atoms. The van der Waals surface area contributed by atoms with Gasteiger partial charge < -0.3 is 4.18 Å². The van der Waals surface area contributed by atoms with Crippen LogP contribution in [0.2, 0.25) is 0 Å². The molecule has 0 saturated heterocycles. The number of rotatable bonds is 1. The molecule has 0 aliphatic rings. The standard InChI is InChI=1S/CHFO4S/c2-1(3)6-7(4)5/h(H,4,5). The third kappa shape index (κ3) is 5.51. The van der Waals surface area contributed by atoms with E-state index in [1.54, 1.807) is 0 Å². The molecule has 0 rings (SSSR count). The minimum absolute atomic E-state index is 2.26. The van der Waals surface area contributed by atoms with E-state index >= 15 is 0 Å². The Hall–Kier alpha value is -0.490. The van der Waals surface area contributed by atoms with Crippen LogP contribution in [0.1, 0.15) is 0 Å². The Morgan fingerprint density at radius 3 is 2.29 bits per heavy atom. The topological polar surface area (TPSA) is 63.6 Å². The Labute approximate surface area is 40.8 Å². The summed E-state index contributed by atoms with van der Waals surface area (Å²) in [5.41, 5.74) is 0. The van der Waals surface area contributed by atoms with Crippen LogP contribution < -0.4 is 0 Å². The lowest BCUT2D eigenvalue weighted by Gasteiger charge is -1.82. The molecule has 0 saturated carbocycles. The fourth-order valence-corrected chi connectivity index (χ4v) is 0.168. The van der Waals surface area contributed by atoms with Crippen LogP contribution in [0.25, 0.3) is 0 Å². The molecular weight excluding hydrogens is 127 g/mol. The second kappa shape index (κ2) is 2.64. The van der Waals surface area contributed by atoms with Gasteiger partial charge in [-0.15, -0.1) is 4.39 Å². The summed E-state index contributed by atoms with van der Waals surface area (Å²) in [6.07, 6.45) is -2.26. The zero-order valence-corrected chi connectivity index (χ0v) is 3.77. The smallest absolute Gasteiger partial charge is 0.316 e. The maximum absolute atomic E-state index is 10.7. The summed E-state index contributed by atoms with van der Waals surface area (Å²) < 4.78 is 30.5. The van der Waals surface area contributed by atoms with Crippen molar-refractivity contribution in [2.45, 2.75) is 0 Å². The average Bonchev–Trinajstić information content (AvgIpc) is 1.27. The second-order valence-corrected chi connectivity index (χ2v) is 1.14. The molecule has 0 heterocycles. The minimum Gasteiger partial charge on any atom is -0.316 e. The maximum Gasteiger partial charge on any atom is 0.511 e. The van der Waals surface area contributed by atoms with Crippen molar-refractivity contribution in [3.05, 3.63) is 0 Å². The van der Waals surface area contributed by atoms with Crippen molar-refractivity contribution in [3.8, 4) is 0 Å². The molecule has 42 valence electrons. The SMILES string of the molecule is O=C(F)OS(=O)O. The van der Waals surface area contributed by atoms with Crippen LogP contribution in [0, 0.1) is 0 Å². The van der Waals surface area contributed by atoms with Gasteiger partial charge in [0.25, 0.3) is 0 Å². The molecular formula is CHFO4S. The zero-order chi connectivity index (χ0) is 5.86. The fraction of sp³-hybridized carbons (Fsp3) is 0. The van der Waals surface area contributed by atoms with Gasteiger partial charge in [0.1, 0.15) is 0 Å². The zero-order valence-electron chi connectivity index (χ0n) is 2.96. The molecule has 0 amide bonds. The first-order valence-electron chi connectivity index (χ1n) is 1.11. The Bertz CT molecular complexity index is 87.9. The molecule has 1 atom stereocenters. The molecule has 0 radical (unpaired) electrons. The van der Waals surface area contributed by atoms with Gasteiger partial charge in [0.15, 0.2) is 0 Å². The average molecular weight is 128 g/mol. The molecule has 4 nitrogen and oxygen atoms in total. The Balaban J connectivity index is 3.32. The van der Waals surface area contributed by atoms with Gasteiger partial charge in [-0.25, -0.2) is 4.79 Å². The van der Waals surface area contributed by atoms with E-state index in [9.17, 15) is 8.60 Å². The Morgan fingerprint density at radius 2 is 2.29 bits per heavy atom. The molecule has 1 N–H and O–H groups in total. The molecule has 1 unspecified atom stereocenters. The molecule has 0 bridgehead atoms. The predicted octanol–water partition coefficient (Wildman–Crippen LogP) is 0.229. The fourth-order valence-electron chi connectivity index (χ4n) is 0.0560. The third-order valence-corrected chi connectivity index (χ3v) is 0.410. The summed E-state index contributed by atoms with van der Waals surface area (Å²) in [6.45, 7) is 0. The lowest BCUT2D eigenvalue weighted by Crippen LogP contribution is -1.96. The molecule has 0 aromatic rings. The van der Waals surface area contributed by atoms with Crippen molar-refractivity contribution < 1.29 is 22.1 Å². The van der Waals surface area contributed by atoms with E-state index in [2.05, 4.69) is 4.18 Å². The van der Waals surface area contributed by atoms with E-state index in [1.807, 2.05) is 0 Å². The summed E-state index contributed by atoms with van der Waals surface area (Å²) in [5, 5.41) is 0. The number of hydrogen-bond donors (Lipinski definition) is 1. The van der Waals surface area contributed by atoms with E-state index in [1.165, 1.54) is 0 Å². The van der Waals surface area contributed by atoms with E-state index in [0.29, 0.717) is 0 Å². The van der Waals surface area contributed by atoms with Gasteiger partial charge in [-0.2, -0.15) is 4.21 Å². The highest BCUT2D eigenvalue weighted by Crippen LogP contribution is 1.82. The van der Waals surface area contributed by atoms with Crippen LogP contribution >= 0.6 is 0 Å². The number of halogens is 1. The lowest BCUT2D eigenvalue weighted by molar-refractivity contribution is 0.177. The van der Waals surface area contributed by atoms with Crippen LogP contribution in [-0.2, 0) is 15.5 Å². The number of hydrogen-bond acceptors (Lipinski definition) is 3. The van der Waals surface area contributed by atoms with Crippen molar-refractivity contribution in [2.75, 3.05) is 0 Å². The van der Waals surface area contributed by atoms with E-state index < -0.39 is 17.6 Å². The molecule has 0 aromatic carbocycles. The maximum atomic E-state index is 10.7. The molecule has 0 aromatic heterocycles. The van der Waals surface area contributed by atoms with E-state index in [0.717, 1.165) is 0 Å². The molecule has 6 heteroatoms. The highest BCUT2D eigenvalue weighted by atomic mass is 32.2. The van der Waals surface area contributed by atoms with Crippen molar-refractivity contribution in [3.63, 3.8) is 0 Å². The monoisotopic (exact) mass is 128 g/mol. The lowest BCUT2D eigenvalue weighted by atomic mass is 11.5. The molecule has 0 fully saturated rings. The Kier molecular flexibility index (Phi) is 2.46. The van der Waals surface area contributed by atoms with E-state index in [-0.39, 0.29) is 0 Å². The predicted molar refractivity (Wildman–Crippen MR) is 18.4 cm³/mol. The normalized spacial score (nSPS) is 12.9. The van der Waals surface area contributed by atoms with Crippen LogP contribution in [-0.4, -0.2) is 15.0 Å². The summed E-state index contributed by atoms with van der Waals surface area (Å²) in [7, 11) is 0. The van der Waals surface area contributed by atoms with Crippen LogP contribution in [0.4, 0.5) is 9.18 Å². The van der Waals surface area contributed by atoms with Gasteiger partial charge in [0, 0.05) is 0 Å². The molecule has 0 aliphatic heterocycles. The van der Waals surface area contributed by atoms with Gasteiger partial charge in [0.05, 0.1) is 0 Å². The Morgan fingerprint density at radius 1 is 1.86 bits per heavy atom. The summed E-state index contributed by atoms with van der Waals surface area (Å²) in [4.78, 5) is 9.01. The second-order valence-electron chi connectivity index (χ2n) is 0.538. The first-order valence-corrected chi connectivity index (χ1v) is 2.14. The van der Waals surface area contributed by atoms with Crippen molar-refractivity contribution in [1.82, 2.24) is 0 Å². The highest BCUT2D eigenvalue weighted by Gasteiger charge is 2.00. The van der Waals surface area contributed by atoms with Crippen molar-refractivity contribution >= 4 is 17.6 Å². The molecule has 0 spiro atoms. The van der Waals surface area contributed by atoms with Gasteiger partial charge in [-0.3, -0.25) is 4.55 Å². The van der Waals surface area contributed by atoms with E-state index in [4.69, 9.17) is 9.35 Å². The van der Waals surface area contributed by atoms with Gasteiger partial charge in [-0.1, -0.05) is 0 Å². The minimum atomic E-state index is -2.82. The van der Waals surface area contributed by atoms with Gasteiger partial charge in [-0.05, 0) is 0 Å². The number of carbonyl (C=O) groups excluding carboxylic acids is 1. The quantitative estimate of drug-likeness (QED) is 0.405. The van der Waals surface area contributed by atoms with Crippen LogP contribution in [0.15, 0.2) is 0 Å². The van der Waals surface area contributed by atoms with Crippen molar-refractivity contribution in [2.24, 2.45) is 0 Å².